The van der Waals surface area contributed by atoms with Crippen LogP contribution in [0, 0.1) is 0 Å². The summed E-state index contributed by atoms with van der Waals surface area (Å²) >= 11 is 1.57. The summed E-state index contributed by atoms with van der Waals surface area (Å²) in [5.41, 5.74) is 5.91. The van der Waals surface area contributed by atoms with Gasteiger partial charge in [0.2, 0.25) is 0 Å². The van der Waals surface area contributed by atoms with Gasteiger partial charge in [0.25, 0.3) is 5.91 Å². The topological polar surface area (TPSA) is 88.7 Å². The molecule has 4 rings (SSSR count). The lowest BCUT2D eigenvalue weighted by Crippen LogP contribution is -2.46. The number of amides is 1. The van der Waals surface area contributed by atoms with E-state index in [9.17, 15) is 9.90 Å². The Balaban J connectivity index is 1.95. The maximum absolute atomic E-state index is 13.2. The zero-order valence-corrected chi connectivity index (χ0v) is 21.0. The summed E-state index contributed by atoms with van der Waals surface area (Å²) in [5, 5.41) is 21.2. The van der Waals surface area contributed by atoms with E-state index in [1.54, 1.807) is 32.2 Å². The second-order valence-electron chi connectivity index (χ2n) is 8.82. The molecule has 0 aliphatic carbocycles. The predicted octanol–water partition coefficient (Wildman–Crippen LogP) is 4.55. The molecule has 1 aliphatic rings. The summed E-state index contributed by atoms with van der Waals surface area (Å²) in [6.45, 7) is 7.68. The maximum atomic E-state index is 13.2. The Labute approximate surface area is 203 Å². The molecular formula is C26H30N4O3S. The van der Waals surface area contributed by atoms with E-state index < -0.39 is 5.54 Å². The van der Waals surface area contributed by atoms with Crippen molar-refractivity contribution in [3.05, 3.63) is 63.5 Å². The second-order valence-corrected chi connectivity index (χ2v) is 9.60. The largest absolute Gasteiger partial charge is 0.488 e. The van der Waals surface area contributed by atoms with Crippen molar-refractivity contribution >= 4 is 23.0 Å². The number of benzene rings is 1. The van der Waals surface area contributed by atoms with Crippen LogP contribution in [0.5, 0.6) is 5.75 Å². The van der Waals surface area contributed by atoms with Gasteiger partial charge in [0.15, 0.2) is 5.69 Å². The van der Waals surface area contributed by atoms with Crippen LogP contribution in [0.3, 0.4) is 0 Å². The van der Waals surface area contributed by atoms with Gasteiger partial charge in [-0.25, -0.2) is 4.68 Å². The minimum Gasteiger partial charge on any atom is -0.488 e. The van der Waals surface area contributed by atoms with Crippen molar-refractivity contribution < 1.29 is 14.6 Å². The molecule has 0 unspecified atom stereocenters. The molecule has 1 amide bonds. The summed E-state index contributed by atoms with van der Waals surface area (Å²) < 4.78 is 7.98. The first-order chi connectivity index (χ1) is 16.3. The normalized spacial score (nSPS) is 13.5. The van der Waals surface area contributed by atoms with Crippen LogP contribution >= 0.6 is 11.3 Å². The highest BCUT2D eigenvalue weighted by molar-refractivity contribution is 7.08. The third kappa shape index (κ3) is 4.31. The molecule has 0 spiro atoms. The molecule has 0 fully saturated rings. The molecule has 1 aliphatic heterocycles. The van der Waals surface area contributed by atoms with Crippen molar-refractivity contribution in [2.45, 2.75) is 46.3 Å². The number of carbonyl (C=O) groups is 1. The zero-order chi connectivity index (χ0) is 24.5. The zero-order valence-electron chi connectivity index (χ0n) is 20.2. The van der Waals surface area contributed by atoms with E-state index >= 15 is 0 Å². The summed E-state index contributed by atoms with van der Waals surface area (Å²) in [5.74, 6) is 0.425. The average Bonchev–Trinajstić information content (AvgIpc) is 3.49. The molecule has 1 aromatic carbocycles. The van der Waals surface area contributed by atoms with E-state index in [1.807, 2.05) is 40.6 Å². The highest BCUT2D eigenvalue weighted by Crippen LogP contribution is 2.42. The van der Waals surface area contributed by atoms with Crippen LogP contribution in [0.25, 0.3) is 16.9 Å². The van der Waals surface area contributed by atoms with E-state index in [-0.39, 0.29) is 19.1 Å². The molecular weight excluding hydrogens is 448 g/mol. The molecule has 7 nitrogen and oxygen atoms in total. The molecule has 0 saturated heterocycles. The molecule has 2 aromatic heterocycles. The first-order valence-electron chi connectivity index (χ1n) is 11.3. The standard InChI is InChI=1S/C26H30N4O3S/c1-6-8-21(27-5)18-12-19-22(11-16(18)7-2)33-13-20-23(25(32)28-26(3,4)15-31)29-30(24(19)20)17-9-10-34-14-17/h6,8-12,14,31H,7,13,15H2,1-5H3,(H,28,32)/b8-6-,27-21+. The van der Waals surface area contributed by atoms with Crippen LogP contribution in [-0.4, -0.2) is 45.7 Å². The van der Waals surface area contributed by atoms with Crippen molar-refractivity contribution in [2.24, 2.45) is 4.99 Å². The lowest BCUT2D eigenvalue weighted by molar-refractivity contribution is 0.0861. The van der Waals surface area contributed by atoms with Crippen LogP contribution in [-0.2, 0) is 13.0 Å². The third-order valence-corrected chi connectivity index (χ3v) is 6.52. The number of hydrogen-bond donors (Lipinski definition) is 2. The quantitative estimate of drug-likeness (QED) is 0.488. The van der Waals surface area contributed by atoms with Crippen LogP contribution in [0.2, 0.25) is 0 Å². The number of nitrogens with zero attached hydrogens (tertiary/aromatic N) is 3. The van der Waals surface area contributed by atoms with E-state index in [1.165, 1.54) is 0 Å². The van der Waals surface area contributed by atoms with Crippen LogP contribution in [0.15, 0.2) is 46.1 Å². The summed E-state index contributed by atoms with van der Waals surface area (Å²) in [6.07, 6.45) is 4.81. The first-order valence-corrected chi connectivity index (χ1v) is 12.3. The third-order valence-electron chi connectivity index (χ3n) is 5.85. The maximum Gasteiger partial charge on any atom is 0.272 e. The van der Waals surface area contributed by atoms with Crippen LogP contribution in [0.4, 0.5) is 0 Å². The Hall–Kier alpha value is -3.23. The van der Waals surface area contributed by atoms with Crippen molar-refractivity contribution in [1.29, 1.82) is 0 Å². The average molecular weight is 479 g/mol. The van der Waals surface area contributed by atoms with Crippen molar-refractivity contribution in [3.63, 3.8) is 0 Å². The number of aryl methyl sites for hydroxylation is 1. The number of aliphatic hydroxyl groups is 1. The fourth-order valence-corrected chi connectivity index (χ4v) is 4.68. The fourth-order valence-electron chi connectivity index (χ4n) is 4.07. The summed E-state index contributed by atoms with van der Waals surface area (Å²) in [4.78, 5) is 17.7. The minimum absolute atomic E-state index is 0.182. The smallest absolute Gasteiger partial charge is 0.272 e. The van der Waals surface area contributed by atoms with Gasteiger partial charge >= 0.3 is 0 Å². The number of fused-ring (bicyclic) bond motifs is 3. The summed E-state index contributed by atoms with van der Waals surface area (Å²) in [6, 6.07) is 6.15. The van der Waals surface area contributed by atoms with E-state index in [4.69, 9.17) is 9.84 Å². The predicted molar refractivity (Wildman–Crippen MR) is 136 cm³/mol. The van der Waals surface area contributed by atoms with Crippen LogP contribution < -0.4 is 10.1 Å². The number of aliphatic imine (C=N–C) groups is 1. The number of rotatable bonds is 7. The molecule has 2 N–H and O–H groups in total. The van der Waals surface area contributed by atoms with Gasteiger partial charge in [0.05, 0.1) is 29.2 Å². The molecule has 0 radical (unpaired) electrons. The second kappa shape index (κ2) is 9.56. The van der Waals surface area contributed by atoms with Crippen LogP contribution in [0.1, 0.15) is 54.9 Å². The Morgan fingerprint density at radius 3 is 2.82 bits per heavy atom. The molecule has 178 valence electrons. The first kappa shape index (κ1) is 23.9. The van der Waals surface area contributed by atoms with E-state index in [0.29, 0.717) is 5.69 Å². The lowest BCUT2D eigenvalue weighted by atomic mass is 9.93. The number of allylic oxidation sites excluding steroid dienone is 2. The molecule has 0 saturated carbocycles. The summed E-state index contributed by atoms with van der Waals surface area (Å²) in [7, 11) is 1.79. The molecule has 34 heavy (non-hydrogen) atoms. The number of carbonyl (C=O) groups excluding carboxylic acids is 1. The van der Waals surface area contributed by atoms with Crippen molar-refractivity contribution in [1.82, 2.24) is 15.1 Å². The highest BCUT2D eigenvalue weighted by atomic mass is 32.1. The Morgan fingerprint density at radius 1 is 1.41 bits per heavy atom. The number of hydrogen-bond acceptors (Lipinski definition) is 6. The molecule has 8 heteroatoms. The number of nitrogens with one attached hydrogen (secondary N) is 1. The molecule has 0 atom stereocenters. The minimum atomic E-state index is -0.772. The van der Waals surface area contributed by atoms with Gasteiger partial charge in [0.1, 0.15) is 12.4 Å². The SMILES string of the molecule is C/C=C\C(=N/C)c1cc2c(cc1CC)OCc1c(C(=O)NC(C)(C)CO)nn(-c3ccsc3)c1-2. The number of aromatic nitrogens is 2. The van der Waals surface area contributed by atoms with Gasteiger partial charge in [-0.3, -0.25) is 9.79 Å². The van der Waals surface area contributed by atoms with E-state index in [2.05, 4.69) is 29.4 Å². The highest BCUT2D eigenvalue weighted by Gasteiger charge is 2.33. The van der Waals surface area contributed by atoms with Crippen molar-refractivity contribution in [3.8, 4) is 22.7 Å². The van der Waals surface area contributed by atoms with Gasteiger partial charge < -0.3 is 15.2 Å². The van der Waals surface area contributed by atoms with E-state index in [0.717, 1.165) is 51.5 Å². The Bertz CT molecular complexity index is 1270. The lowest BCUT2D eigenvalue weighted by Gasteiger charge is -2.24. The van der Waals surface area contributed by atoms with Crippen molar-refractivity contribution in [2.75, 3.05) is 13.7 Å². The Morgan fingerprint density at radius 2 is 2.21 bits per heavy atom. The monoisotopic (exact) mass is 478 g/mol. The molecule has 0 bridgehead atoms. The van der Waals surface area contributed by atoms with Gasteiger partial charge in [0, 0.05) is 29.1 Å². The number of ether oxygens (including phenoxy) is 1. The number of thiophene rings is 1. The van der Waals surface area contributed by atoms with Gasteiger partial charge in [-0.1, -0.05) is 13.0 Å². The molecule has 3 heterocycles. The van der Waals surface area contributed by atoms with Gasteiger partial charge in [-0.2, -0.15) is 16.4 Å². The van der Waals surface area contributed by atoms with Gasteiger partial charge in [-0.05, 0) is 62.4 Å². The Kier molecular flexibility index (Phi) is 6.72. The number of aliphatic hydroxyl groups excluding tert-OH is 1. The fraction of sp³-hybridized carbons (Fsp3) is 0.346. The van der Waals surface area contributed by atoms with Gasteiger partial charge in [-0.15, -0.1) is 0 Å². The molecule has 3 aromatic rings.